The third-order valence-corrected chi connectivity index (χ3v) is 5.39. The van der Waals surface area contributed by atoms with Crippen LogP contribution in [0.3, 0.4) is 0 Å². The van der Waals surface area contributed by atoms with Crippen LogP contribution in [-0.2, 0) is 32.0 Å². The quantitative estimate of drug-likeness (QED) is 0.377. The molecule has 0 aliphatic rings. The minimum atomic E-state index is -0.280. The normalized spacial score (nSPS) is 12.1. The molecule has 1 N–H and O–H groups in total. The maximum Gasteiger partial charge on any atom is 0.309 e. The van der Waals surface area contributed by atoms with Crippen molar-refractivity contribution in [3.8, 4) is 0 Å². The van der Waals surface area contributed by atoms with Gasteiger partial charge in [0.15, 0.2) is 5.78 Å². The standard InChI is InChI=1S/C26H34O3.CH2O2/c1-19-5-11-23(12-6-19)15-9-21(3)17-25(27)18-29-26(28)22(4)10-16-24-13-7-20(2)8-14-24;2-1-3/h5-8,11-14,21-22H,9-10,15-18H2,1-4H3;1H,(H,2,3). The first-order valence-electron chi connectivity index (χ1n) is 11.1. The second kappa shape index (κ2) is 15.0. The lowest BCUT2D eigenvalue weighted by molar-refractivity contribution is -0.152. The third-order valence-electron chi connectivity index (χ3n) is 5.39. The summed E-state index contributed by atoms with van der Waals surface area (Å²) >= 11 is 0. The van der Waals surface area contributed by atoms with E-state index in [1.165, 1.54) is 22.3 Å². The van der Waals surface area contributed by atoms with Gasteiger partial charge in [0, 0.05) is 6.42 Å². The highest BCUT2D eigenvalue weighted by molar-refractivity contribution is 5.83. The number of carbonyl (C=O) groups is 3. The van der Waals surface area contributed by atoms with Gasteiger partial charge in [-0.3, -0.25) is 14.4 Å². The van der Waals surface area contributed by atoms with E-state index in [2.05, 4.69) is 69.3 Å². The van der Waals surface area contributed by atoms with Crippen LogP contribution in [0.5, 0.6) is 0 Å². The SMILES string of the molecule is Cc1ccc(CCC(C)CC(=O)COC(=O)C(C)CCc2ccc(C)cc2)cc1.O=CO. The van der Waals surface area contributed by atoms with Crippen LogP contribution in [-0.4, -0.2) is 29.9 Å². The molecule has 0 aromatic heterocycles. The summed E-state index contributed by atoms with van der Waals surface area (Å²) < 4.78 is 5.26. The molecule has 32 heavy (non-hydrogen) atoms. The van der Waals surface area contributed by atoms with Gasteiger partial charge in [-0.25, -0.2) is 0 Å². The first-order valence-corrected chi connectivity index (χ1v) is 11.1. The fraction of sp³-hybridized carbons (Fsp3) is 0.444. The van der Waals surface area contributed by atoms with E-state index in [1.807, 2.05) is 6.92 Å². The number of benzene rings is 2. The Morgan fingerprint density at radius 2 is 1.31 bits per heavy atom. The van der Waals surface area contributed by atoms with Gasteiger partial charge in [0.2, 0.25) is 0 Å². The predicted octanol–water partition coefficient (Wildman–Crippen LogP) is 5.34. The van der Waals surface area contributed by atoms with Crippen molar-refractivity contribution < 1.29 is 24.2 Å². The van der Waals surface area contributed by atoms with Gasteiger partial charge in [0.05, 0.1) is 5.92 Å². The van der Waals surface area contributed by atoms with E-state index in [0.29, 0.717) is 6.42 Å². The van der Waals surface area contributed by atoms with E-state index < -0.39 is 0 Å². The maximum absolute atomic E-state index is 12.2. The molecule has 0 heterocycles. The molecule has 5 heteroatoms. The van der Waals surface area contributed by atoms with E-state index in [4.69, 9.17) is 14.6 Å². The summed E-state index contributed by atoms with van der Waals surface area (Å²) in [6.45, 7) is 7.73. The van der Waals surface area contributed by atoms with E-state index in [9.17, 15) is 9.59 Å². The average Bonchev–Trinajstić information content (AvgIpc) is 2.77. The minimum Gasteiger partial charge on any atom is -0.483 e. The molecular formula is C27H36O5. The first kappa shape index (κ1) is 27.1. The number of Topliss-reactive ketones (excluding diaryl/α,β-unsaturated/α-hetero) is 1. The lowest BCUT2D eigenvalue weighted by atomic mass is 9.96. The molecule has 0 spiro atoms. The molecule has 0 radical (unpaired) electrons. The van der Waals surface area contributed by atoms with Crippen molar-refractivity contribution in [3.63, 3.8) is 0 Å². The molecule has 2 unspecified atom stereocenters. The number of aryl methyl sites for hydroxylation is 4. The summed E-state index contributed by atoms with van der Waals surface area (Å²) in [5.41, 5.74) is 5.00. The molecule has 0 saturated heterocycles. The Hall–Kier alpha value is -2.95. The van der Waals surface area contributed by atoms with Gasteiger partial charge >= 0.3 is 5.97 Å². The van der Waals surface area contributed by atoms with Gasteiger partial charge in [-0.05, 0) is 56.6 Å². The Kier molecular flexibility index (Phi) is 12.7. The fourth-order valence-corrected chi connectivity index (χ4v) is 3.27. The monoisotopic (exact) mass is 440 g/mol. The van der Waals surface area contributed by atoms with E-state index in [1.54, 1.807) is 0 Å². The average molecular weight is 441 g/mol. The largest absolute Gasteiger partial charge is 0.483 e. The number of hydrogen-bond acceptors (Lipinski definition) is 4. The molecule has 2 aromatic carbocycles. The van der Waals surface area contributed by atoms with Crippen molar-refractivity contribution >= 4 is 18.2 Å². The number of carboxylic acid groups (broad SMARTS) is 1. The minimum absolute atomic E-state index is 0.000454. The molecule has 0 aliphatic heterocycles. The van der Waals surface area contributed by atoms with Crippen LogP contribution < -0.4 is 0 Å². The van der Waals surface area contributed by atoms with Crippen molar-refractivity contribution in [3.05, 3.63) is 70.8 Å². The Bertz CT molecular complexity index is 824. The summed E-state index contributed by atoms with van der Waals surface area (Å²) in [6, 6.07) is 16.9. The summed E-state index contributed by atoms with van der Waals surface area (Å²) in [5.74, 6) is -0.206. The van der Waals surface area contributed by atoms with E-state index in [0.717, 1.165) is 25.7 Å². The number of carbonyl (C=O) groups excluding carboxylic acids is 2. The van der Waals surface area contributed by atoms with Crippen LogP contribution in [0.2, 0.25) is 0 Å². The second-order valence-corrected chi connectivity index (χ2v) is 8.51. The van der Waals surface area contributed by atoms with Crippen molar-refractivity contribution in [1.29, 1.82) is 0 Å². The van der Waals surface area contributed by atoms with Crippen molar-refractivity contribution in [2.45, 2.75) is 59.8 Å². The van der Waals surface area contributed by atoms with Gasteiger partial charge in [-0.2, -0.15) is 0 Å². The molecule has 0 fully saturated rings. The lowest BCUT2D eigenvalue weighted by Crippen LogP contribution is -2.21. The third kappa shape index (κ3) is 11.4. The molecule has 174 valence electrons. The van der Waals surface area contributed by atoms with Crippen molar-refractivity contribution in [2.75, 3.05) is 6.61 Å². The van der Waals surface area contributed by atoms with E-state index >= 15 is 0 Å². The van der Waals surface area contributed by atoms with Crippen LogP contribution >= 0.6 is 0 Å². The van der Waals surface area contributed by atoms with Crippen LogP contribution in [0.4, 0.5) is 0 Å². The number of esters is 1. The summed E-state index contributed by atoms with van der Waals surface area (Å²) in [4.78, 5) is 32.7. The topological polar surface area (TPSA) is 80.7 Å². The number of hydrogen-bond donors (Lipinski definition) is 1. The van der Waals surface area contributed by atoms with Crippen molar-refractivity contribution in [2.24, 2.45) is 11.8 Å². The fourth-order valence-electron chi connectivity index (χ4n) is 3.27. The Morgan fingerprint density at radius 3 is 1.78 bits per heavy atom. The molecule has 0 bridgehead atoms. The number of ether oxygens (including phenoxy) is 1. The smallest absolute Gasteiger partial charge is 0.309 e. The van der Waals surface area contributed by atoms with Gasteiger partial charge in [-0.15, -0.1) is 0 Å². The number of ketones is 1. The van der Waals surface area contributed by atoms with Crippen molar-refractivity contribution in [1.82, 2.24) is 0 Å². The molecule has 2 aromatic rings. The van der Waals surface area contributed by atoms with Crippen LogP contribution in [0.15, 0.2) is 48.5 Å². The highest BCUT2D eigenvalue weighted by Crippen LogP contribution is 2.15. The molecule has 5 nitrogen and oxygen atoms in total. The highest BCUT2D eigenvalue weighted by atomic mass is 16.5. The summed E-state index contributed by atoms with van der Waals surface area (Å²) in [6.07, 6.45) is 3.93. The maximum atomic E-state index is 12.2. The Balaban J connectivity index is 0.00000161. The van der Waals surface area contributed by atoms with Crippen LogP contribution in [0, 0.1) is 25.7 Å². The molecule has 0 amide bonds. The molecule has 0 saturated carbocycles. The second-order valence-electron chi connectivity index (χ2n) is 8.51. The zero-order valence-electron chi connectivity index (χ0n) is 19.7. The van der Waals surface area contributed by atoms with E-state index in [-0.39, 0.29) is 36.7 Å². The molecule has 2 atom stereocenters. The summed E-state index contributed by atoms with van der Waals surface area (Å²) in [7, 11) is 0. The van der Waals surface area contributed by atoms with Crippen LogP contribution in [0.25, 0.3) is 0 Å². The zero-order chi connectivity index (χ0) is 23.9. The number of rotatable bonds is 11. The molecular weight excluding hydrogens is 404 g/mol. The van der Waals surface area contributed by atoms with Gasteiger partial charge in [0.25, 0.3) is 6.47 Å². The Morgan fingerprint density at radius 1 is 0.875 bits per heavy atom. The lowest BCUT2D eigenvalue weighted by Gasteiger charge is -2.13. The molecule has 0 aliphatic carbocycles. The molecule has 2 rings (SSSR count). The first-order chi connectivity index (χ1) is 15.2. The van der Waals surface area contributed by atoms with Crippen LogP contribution in [0.1, 0.15) is 55.4 Å². The van der Waals surface area contributed by atoms with Gasteiger partial charge < -0.3 is 9.84 Å². The zero-order valence-corrected chi connectivity index (χ0v) is 19.7. The predicted molar refractivity (Wildman–Crippen MR) is 127 cm³/mol. The van der Waals surface area contributed by atoms with Gasteiger partial charge in [-0.1, -0.05) is 73.5 Å². The highest BCUT2D eigenvalue weighted by Gasteiger charge is 2.17. The van der Waals surface area contributed by atoms with Gasteiger partial charge in [0.1, 0.15) is 6.61 Å². The summed E-state index contributed by atoms with van der Waals surface area (Å²) in [5, 5.41) is 6.89. The Labute approximate surface area is 191 Å².